The van der Waals surface area contributed by atoms with Gasteiger partial charge in [0.05, 0.1) is 11.9 Å². The zero-order valence-electron chi connectivity index (χ0n) is 11.2. The van der Waals surface area contributed by atoms with Crippen molar-refractivity contribution in [2.24, 2.45) is 11.7 Å². The van der Waals surface area contributed by atoms with E-state index in [4.69, 9.17) is 5.73 Å². The molecule has 0 spiro atoms. The summed E-state index contributed by atoms with van der Waals surface area (Å²) in [5.41, 5.74) is 6.30. The van der Waals surface area contributed by atoms with Gasteiger partial charge in [-0.15, -0.1) is 5.10 Å². The highest BCUT2D eigenvalue weighted by Crippen LogP contribution is 2.23. The first-order chi connectivity index (χ1) is 9.02. The molecule has 2 N–H and O–H groups in total. The van der Waals surface area contributed by atoms with Crippen molar-refractivity contribution in [1.82, 2.24) is 19.9 Å². The van der Waals surface area contributed by atoms with Crippen LogP contribution in [0.4, 0.5) is 0 Å². The van der Waals surface area contributed by atoms with E-state index < -0.39 is 11.9 Å². The molecule has 0 aromatic carbocycles. The van der Waals surface area contributed by atoms with Gasteiger partial charge in [-0.25, -0.2) is 4.68 Å². The van der Waals surface area contributed by atoms with Gasteiger partial charge >= 0.3 is 0 Å². The smallest absolute Gasteiger partial charge is 0.240 e. The van der Waals surface area contributed by atoms with Crippen LogP contribution in [-0.4, -0.2) is 44.3 Å². The number of hydrogen-bond donors (Lipinski definition) is 1. The first-order valence-corrected chi connectivity index (χ1v) is 6.46. The van der Waals surface area contributed by atoms with Crippen molar-refractivity contribution in [2.75, 3.05) is 6.54 Å². The Bertz CT molecular complexity index is 484. The van der Waals surface area contributed by atoms with Crippen molar-refractivity contribution >= 4 is 11.8 Å². The molecule has 1 aromatic heterocycles. The van der Waals surface area contributed by atoms with Crippen LogP contribution in [0.2, 0.25) is 0 Å². The summed E-state index contributed by atoms with van der Waals surface area (Å²) in [5.74, 6) is -0.289. The minimum absolute atomic E-state index is 0.00609. The van der Waals surface area contributed by atoms with E-state index in [0.717, 1.165) is 5.69 Å². The van der Waals surface area contributed by atoms with Gasteiger partial charge in [-0.2, -0.15) is 0 Å². The number of primary amides is 1. The van der Waals surface area contributed by atoms with E-state index in [-0.39, 0.29) is 11.8 Å². The molecule has 1 aliphatic rings. The average Bonchev–Trinajstić information content (AvgIpc) is 2.88. The number of likely N-dealkylation sites (tertiary alicyclic amines) is 1. The van der Waals surface area contributed by atoms with Crippen LogP contribution in [0.5, 0.6) is 0 Å². The summed E-state index contributed by atoms with van der Waals surface area (Å²) in [7, 11) is 0. The maximum absolute atomic E-state index is 12.0. The fourth-order valence-electron chi connectivity index (χ4n) is 2.54. The monoisotopic (exact) mass is 265 g/mol. The summed E-state index contributed by atoms with van der Waals surface area (Å²) in [6.45, 7) is 4.98. The molecule has 7 nitrogen and oxygen atoms in total. The van der Waals surface area contributed by atoms with Crippen LogP contribution >= 0.6 is 0 Å². The van der Waals surface area contributed by atoms with E-state index in [0.29, 0.717) is 25.9 Å². The third kappa shape index (κ3) is 2.74. The van der Waals surface area contributed by atoms with Gasteiger partial charge in [-0.1, -0.05) is 12.1 Å². The fourth-order valence-corrected chi connectivity index (χ4v) is 2.54. The van der Waals surface area contributed by atoms with Crippen LogP contribution in [0.25, 0.3) is 0 Å². The molecular weight excluding hydrogens is 246 g/mol. The number of aromatic nitrogens is 3. The second-order valence-corrected chi connectivity index (χ2v) is 5.00. The summed E-state index contributed by atoms with van der Waals surface area (Å²) in [6.07, 6.45) is 2.67. The standard InChI is InChI=1S/C12H19N5O2/c1-3-10(12(13)19)16-6-9(4-11(16)18)7-17-8(2)5-14-15-17/h5,9-10H,3-4,6-7H2,1-2H3,(H2,13,19)/t9-,10+/m1/s1. The van der Waals surface area contributed by atoms with Crippen molar-refractivity contribution in [1.29, 1.82) is 0 Å². The molecule has 0 aliphatic carbocycles. The molecular formula is C12H19N5O2. The molecule has 2 heterocycles. The Hall–Kier alpha value is -1.92. The topological polar surface area (TPSA) is 94.1 Å². The van der Waals surface area contributed by atoms with E-state index in [1.807, 2.05) is 13.8 Å². The van der Waals surface area contributed by atoms with Crippen LogP contribution in [0.1, 0.15) is 25.5 Å². The van der Waals surface area contributed by atoms with Crippen LogP contribution in [0, 0.1) is 12.8 Å². The lowest BCUT2D eigenvalue weighted by Gasteiger charge is -2.24. The lowest BCUT2D eigenvalue weighted by Crippen LogP contribution is -2.45. The normalized spacial score (nSPS) is 20.8. The molecule has 2 rings (SSSR count). The van der Waals surface area contributed by atoms with E-state index in [1.54, 1.807) is 15.8 Å². The Morgan fingerprint density at radius 2 is 2.37 bits per heavy atom. The van der Waals surface area contributed by atoms with Gasteiger partial charge in [-0.05, 0) is 13.3 Å². The van der Waals surface area contributed by atoms with Gasteiger partial charge in [0.1, 0.15) is 6.04 Å². The minimum atomic E-state index is -0.491. The lowest BCUT2D eigenvalue weighted by atomic mass is 10.1. The first kappa shape index (κ1) is 13.5. The number of aryl methyl sites for hydroxylation is 1. The second-order valence-electron chi connectivity index (χ2n) is 5.00. The third-order valence-electron chi connectivity index (χ3n) is 3.57. The van der Waals surface area contributed by atoms with E-state index >= 15 is 0 Å². The lowest BCUT2D eigenvalue weighted by molar-refractivity contribution is -0.136. The summed E-state index contributed by atoms with van der Waals surface area (Å²) in [4.78, 5) is 24.9. The zero-order chi connectivity index (χ0) is 14.0. The third-order valence-corrected chi connectivity index (χ3v) is 3.57. The SMILES string of the molecule is CC[C@@H](C(N)=O)N1C[C@H](Cn2nncc2C)CC1=O. The number of nitrogens with two attached hydrogens (primary N) is 1. The van der Waals surface area contributed by atoms with Gasteiger partial charge in [0.2, 0.25) is 11.8 Å². The number of amides is 2. The largest absolute Gasteiger partial charge is 0.368 e. The molecule has 0 radical (unpaired) electrons. The Kier molecular flexibility index (Phi) is 3.82. The Balaban J connectivity index is 2.03. The van der Waals surface area contributed by atoms with Crippen LogP contribution in [-0.2, 0) is 16.1 Å². The Morgan fingerprint density at radius 3 is 2.89 bits per heavy atom. The van der Waals surface area contributed by atoms with Gasteiger partial charge in [0, 0.05) is 25.4 Å². The maximum atomic E-state index is 12.0. The molecule has 2 amide bonds. The molecule has 1 aromatic rings. The number of carbonyl (C=O) groups excluding carboxylic acids is 2. The maximum Gasteiger partial charge on any atom is 0.240 e. The number of rotatable bonds is 5. The highest BCUT2D eigenvalue weighted by molar-refractivity contribution is 5.87. The Labute approximate surface area is 111 Å². The van der Waals surface area contributed by atoms with Crippen molar-refractivity contribution < 1.29 is 9.59 Å². The number of carbonyl (C=O) groups is 2. The fraction of sp³-hybridized carbons (Fsp3) is 0.667. The van der Waals surface area contributed by atoms with E-state index in [2.05, 4.69) is 10.3 Å². The summed E-state index contributed by atoms with van der Waals surface area (Å²) < 4.78 is 1.78. The predicted molar refractivity (Wildman–Crippen MR) is 67.9 cm³/mol. The van der Waals surface area contributed by atoms with Crippen molar-refractivity contribution in [3.05, 3.63) is 11.9 Å². The second kappa shape index (κ2) is 5.38. The summed E-state index contributed by atoms with van der Waals surface area (Å²) >= 11 is 0. The van der Waals surface area contributed by atoms with Gasteiger partial charge in [0.15, 0.2) is 0 Å². The van der Waals surface area contributed by atoms with Crippen LogP contribution in [0.15, 0.2) is 6.20 Å². The number of nitrogens with zero attached hydrogens (tertiary/aromatic N) is 4. The quantitative estimate of drug-likeness (QED) is 0.790. The molecule has 19 heavy (non-hydrogen) atoms. The van der Waals surface area contributed by atoms with Crippen molar-refractivity contribution in [3.8, 4) is 0 Å². The summed E-state index contributed by atoms with van der Waals surface area (Å²) in [5, 5.41) is 7.80. The van der Waals surface area contributed by atoms with E-state index in [9.17, 15) is 9.59 Å². The molecule has 0 saturated carbocycles. The highest BCUT2D eigenvalue weighted by atomic mass is 16.2. The molecule has 0 unspecified atom stereocenters. The van der Waals surface area contributed by atoms with Gasteiger partial charge in [0.25, 0.3) is 0 Å². The zero-order valence-corrected chi connectivity index (χ0v) is 11.2. The van der Waals surface area contributed by atoms with Gasteiger partial charge in [-0.3, -0.25) is 9.59 Å². The van der Waals surface area contributed by atoms with Crippen molar-refractivity contribution in [3.63, 3.8) is 0 Å². The minimum Gasteiger partial charge on any atom is -0.368 e. The van der Waals surface area contributed by atoms with Crippen LogP contribution in [0.3, 0.4) is 0 Å². The molecule has 0 bridgehead atoms. The molecule has 7 heteroatoms. The first-order valence-electron chi connectivity index (χ1n) is 6.46. The Morgan fingerprint density at radius 1 is 1.63 bits per heavy atom. The molecule has 1 saturated heterocycles. The molecule has 104 valence electrons. The average molecular weight is 265 g/mol. The van der Waals surface area contributed by atoms with Crippen LogP contribution < -0.4 is 5.73 Å². The van der Waals surface area contributed by atoms with E-state index in [1.165, 1.54) is 0 Å². The molecule has 1 aliphatic heterocycles. The predicted octanol–water partition coefficient (Wildman–Crippen LogP) is -0.301. The highest BCUT2D eigenvalue weighted by Gasteiger charge is 2.36. The molecule has 1 fully saturated rings. The van der Waals surface area contributed by atoms with Crippen molar-refractivity contribution in [2.45, 2.75) is 39.3 Å². The summed E-state index contributed by atoms with van der Waals surface area (Å²) in [6, 6.07) is -0.491. The number of hydrogen-bond acceptors (Lipinski definition) is 4. The van der Waals surface area contributed by atoms with Gasteiger partial charge < -0.3 is 10.6 Å². The molecule has 2 atom stereocenters.